The zero-order chi connectivity index (χ0) is 20.9. The number of nitrogens with one attached hydrogen (secondary N) is 1. The summed E-state index contributed by atoms with van der Waals surface area (Å²) in [6.07, 6.45) is 2.55. The molecule has 1 saturated heterocycles. The lowest BCUT2D eigenvalue weighted by atomic mass is 10.0. The first-order chi connectivity index (χ1) is 14.6. The molecule has 160 valence electrons. The van der Waals surface area contributed by atoms with Gasteiger partial charge in [0.2, 0.25) is 0 Å². The maximum atomic E-state index is 13.1. The number of aliphatic hydroxyl groups excluding tert-OH is 1. The minimum atomic E-state index is -0.274. The summed E-state index contributed by atoms with van der Waals surface area (Å²) in [6.45, 7) is 3.20. The van der Waals surface area contributed by atoms with Crippen molar-refractivity contribution in [2.45, 2.75) is 31.4 Å². The molecular formula is C24H31N3O3. The summed E-state index contributed by atoms with van der Waals surface area (Å²) in [7, 11) is 1.85. The van der Waals surface area contributed by atoms with Crippen molar-refractivity contribution in [2.75, 3.05) is 45.2 Å². The molecule has 6 nitrogen and oxygen atoms in total. The van der Waals surface area contributed by atoms with E-state index in [1.54, 1.807) is 4.90 Å². The zero-order valence-corrected chi connectivity index (χ0v) is 17.6. The van der Waals surface area contributed by atoms with Gasteiger partial charge in [0, 0.05) is 44.5 Å². The molecule has 30 heavy (non-hydrogen) atoms. The Balaban J connectivity index is 1.44. The third-order valence-corrected chi connectivity index (χ3v) is 6.13. The molecule has 0 aliphatic carbocycles. The van der Waals surface area contributed by atoms with Crippen LogP contribution in [0.3, 0.4) is 0 Å². The van der Waals surface area contributed by atoms with Crippen LogP contribution in [0.2, 0.25) is 0 Å². The van der Waals surface area contributed by atoms with Crippen LogP contribution < -0.4 is 10.1 Å². The molecule has 1 fully saturated rings. The summed E-state index contributed by atoms with van der Waals surface area (Å²) in [5.41, 5.74) is 3.36. The van der Waals surface area contributed by atoms with Crippen molar-refractivity contribution in [2.24, 2.45) is 0 Å². The van der Waals surface area contributed by atoms with Crippen LogP contribution in [0.25, 0.3) is 0 Å². The number of benzene rings is 2. The van der Waals surface area contributed by atoms with Crippen LogP contribution in [-0.4, -0.2) is 66.8 Å². The number of fused-ring (bicyclic) bond motifs is 1. The molecule has 0 bridgehead atoms. The van der Waals surface area contributed by atoms with Crippen LogP contribution in [0.15, 0.2) is 48.5 Å². The fraction of sp³-hybridized carbons (Fsp3) is 0.458. The number of hydrogen-bond donors (Lipinski definition) is 2. The molecule has 2 aromatic rings. The van der Waals surface area contributed by atoms with Crippen molar-refractivity contribution >= 4 is 11.6 Å². The Hall–Kier alpha value is -2.57. The number of β-amino-alcohol motifs (C(OH)–C–C–N with tert-alkyl or cyclic N) is 1. The van der Waals surface area contributed by atoms with Gasteiger partial charge < -0.3 is 20.1 Å². The van der Waals surface area contributed by atoms with E-state index >= 15 is 0 Å². The molecule has 0 aromatic heterocycles. The number of hydrogen-bond acceptors (Lipinski definition) is 5. The lowest BCUT2D eigenvalue weighted by Gasteiger charge is -2.32. The maximum Gasteiger partial charge on any atom is 0.260 e. The van der Waals surface area contributed by atoms with Gasteiger partial charge in [0.05, 0.1) is 12.1 Å². The van der Waals surface area contributed by atoms with Crippen LogP contribution in [0.1, 0.15) is 30.0 Å². The highest BCUT2D eigenvalue weighted by Crippen LogP contribution is 2.31. The number of carbonyl (C=O) groups is 1. The number of rotatable bonds is 7. The Morgan fingerprint density at radius 1 is 1.27 bits per heavy atom. The predicted octanol–water partition coefficient (Wildman–Crippen LogP) is 2.69. The first-order valence-electron chi connectivity index (χ1n) is 10.8. The molecule has 2 aliphatic heterocycles. The van der Waals surface area contributed by atoms with E-state index in [2.05, 4.69) is 28.4 Å². The van der Waals surface area contributed by atoms with Gasteiger partial charge in [-0.25, -0.2) is 0 Å². The fourth-order valence-corrected chi connectivity index (χ4v) is 4.38. The summed E-state index contributed by atoms with van der Waals surface area (Å²) >= 11 is 0. The first-order valence-corrected chi connectivity index (χ1v) is 10.8. The molecule has 1 amide bonds. The van der Waals surface area contributed by atoms with Gasteiger partial charge in [-0.05, 0) is 37.0 Å². The van der Waals surface area contributed by atoms with Crippen molar-refractivity contribution in [1.29, 1.82) is 0 Å². The van der Waals surface area contributed by atoms with E-state index in [4.69, 9.17) is 4.74 Å². The maximum absolute atomic E-state index is 13.1. The van der Waals surface area contributed by atoms with Gasteiger partial charge in [0.1, 0.15) is 5.75 Å². The second-order valence-corrected chi connectivity index (χ2v) is 8.23. The average Bonchev–Trinajstić information content (AvgIpc) is 3.20. The van der Waals surface area contributed by atoms with Gasteiger partial charge >= 0.3 is 0 Å². The average molecular weight is 410 g/mol. The second-order valence-electron chi connectivity index (χ2n) is 8.23. The number of amides is 1. The predicted molar refractivity (Wildman–Crippen MR) is 118 cm³/mol. The molecule has 6 heteroatoms. The first kappa shape index (κ1) is 20.7. The van der Waals surface area contributed by atoms with Gasteiger partial charge in [-0.2, -0.15) is 0 Å². The van der Waals surface area contributed by atoms with Crippen molar-refractivity contribution in [3.05, 3.63) is 59.7 Å². The minimum Gasteiger partial charge on any atom is -0.483 e. The molecule has 2 aliphatic rings. The highest BCUT2D eigenvalue weighted by Gasteiger charge is 2.28. The molecular weight excluding hydrogens is 378 g/mol. The summed E-state index contributed by atoms with van der Waals surface area (Å²) < 4.78 is 5.98. The lowest BCUT2D eigenvalue weighted by Crippen LogP contribution is -2.41. The number of nitrogens with zero attached hydrogens (tertiary/aromatic N) is 2. The largest absolute Gasteiger partial charge is 0.483 e. The van der Waals surface area contributed by atoms with E-state index < -0.39 is 0 Å². The van der Waals surface area contributed by atoms with E-state index in [1.807, 2.05) is 37.4 Å². The third kappa shape index (κ3) is 4.77. The fourth-order valence-electron chi connectivity index (χ4n) is 4.38. The normalized spacial score (nSPS) is 19.6. The molecule has 2 heterocycles. The van der Waals surface area contributed by atoms with Crippen LogP contribution in [0, 0.1) is 0 Å². The highest BCUT2D eigenvalue weighted by atomic mass is 16.5. The number of likely N-dealkylation sites (N-methyl/N-ethyl adjacent to an activating group) is 1. The summed E-state index contributed by atoms with van der Waals surface area (Å²) in [4.78, 5) is 17.1. The van der Waals surface area contributed by atoms with Gasteiger partial charge in [-0.3, -0.25) is 9.69 Å². The van der Waals surface area contributed by atoms with Gasteiger partial charge in [-0.1, -0.05) is 36.4 Å². The quantitative estimate of drug-likeness (QED) is 0.736. The second kappa shape index (κ2) is 9.49. The van der Waals surface area contributed by atoms with Crippen molar-refractivity contribution in [1.82, 2.24) is 9.80 Å². The molecule has 4 rings (SSSR count). The molecule has 0 radical (unpaired) electrons. The number of likely N-dealkylation sites (tertiary alicyclic amines) is 1. The molecule has 2 atom stereocenters. The highest BCUT2D eigenvalue weighted by molar-refractivity contribution is 5.78. The molecule has 1 unspecified atom stereocenters. The topological polar surface area (TPSA) is 65.0 Å². The minimum absolute atomic E-state index is 0.0128. The van der Waals surface area contributed by atoms with Crippen molar-refractivity contribution in [3.63, 3.8) is 0 Å². The Morgan fingerprint density at radius 3 is 2.87 bits per heavy atom. The Bertz CT molecular complexity index is 858. The van der Waals surface area contributed by atoms with E-state index in [0.29, 0.717) is 13.1 Å². The van der Waals surface area contributed by atoms with E-state index in [0.717, 1.165) is 54.9 Å². The SMILES string of the molecule is CN(C(=O)COc1cccc2c1CCCN2)C(CN1CC[C@H](O)C1)c1ccccc1. The van der Waals surface area contributed by atoms with Gasteiger partial charge in [0.15, 0.2) is 6.61 Å². The monoisotopic (exact) mass is 409 g/mol. The van der Waals surface area contributed by atoms with E-state index in [1.165, 1.54) is 0 Å². The number of ether oxygens (including phenoxy) is 1. The molecule has 0 saturated carbocycles. The molecule has 2 aromatic carbocycles. The van der Waals surface area contributed by atoms with Crippen molar-refractivity contribution < 1.29 is 14.6 Å². The Labute approximate surface area is 178 Å². The Morgan fingerprint density at radius 2 is 2.10 bits per heavy atom. The van der Waals surface area contributed by atoms with E-state index in [-0.39, 0.29) is 24.7 Å². The number of carbonyl (C=O) groups excluding carboxylic acids is 1. The summed E-state index contributed by atoms with van der Waals surface area (Å²) in [6, 6.07) is 16.0. The Kier molecular flexibility index (Phi) is 6.55. The lowest BCUT2D eigenvalue weighted by molar-refractivity contribution is -0.134. The molecule has 2 N–H and O–H groups in total. The van der Waals surface area contributed by atoms with Crippen LogP contribution in [0.4, 0.5) is 5.69 Å². The third-order valence-electron chi connectivity index (χ3n) is 6.13. The van der Waals surface area contributed by atoms with Crippen LogP contribution in [-0.2, 0) is 11.2 Å². The number of aliphatic hydroxyl groups is 1. The van der Waals surface area contributed by atoms with Crippen molar-refractivity contribution in [3.8, 4) is 5.75 Å². The van der Waals surface area contributed by atoms with Crippen LogP contribution >= 0.6 is 0 Å². The van der Waals surface area contributed by atoms with Gasteiger partial charge in [-0.15, -0.1) is 0 Å². The van der Waals surface area contributed by atoms with E-state index in [9.17, 15) is 9.90 Å². The number of anilines is 1. The smallest absolute Gasteiger partial charge is 0.260 e. The standard InChI is InChI=1S/C24H31N3O3/c1-26(22(18-7-3-2-4-8-18)16-27-14-12-19(28)15-27)24(29)17-30-23-11-5-10-21-20(23)9-6-13-25-21/h2-5,7-8,10-11,19,22,25,28H,6,9,12-17H2,1H3/t19-,22?/m0/s1. The summed E-state index contributed by atoms with van der Waals surface area (Å²) in [5.74, 6) is 0.741. The summed E-state index contributed by atoms with van der Waals surface area (Å²) in [5, 5.41) is 13.3. The zero-order valence-electron chi connectivity index (χ0n) is 17.6. The van der Waals surface area contributed by atoms with Crippen LogP contribution in [0.5, 0.6) is 5.75 Å². The molecule has 0 spiro atoms. The van der Waals surface area contributed by atoms with Gasteiger partial charge in [0.25, 0.3) is 5.91 Å².